The number of hydrogen-bond acceptors (Lipinski definition) is 4. The molecule has 1 amide bonds. The Kier molecular flexibility index (Phi) is 3.30. The Labute approximate surface area is 115 Å². The Hall–Kier alpha value is -2.28. The number of thiocarbonyl (C=S) groups is 1. The summed E-state index contributed by atoms with van der Waals surface area (Å²) in [6.07, 6.45) is 1.59. The Morgan fingerprint density at radius 2 is 2.00 bits per heavy atom. The summed E-state index contributed by atoms with van der Waals surface area (Å²) >= 11 is 5.08. The van der Waals surface area contributed by atoms with Gasteiger partial charge in [-0.3, -0.25) is 19.8 Å². The number of benzene rings is 1. The van der Waals surface area contributed by atoms with Crippen LogP contribution in [0.2, 0.25) is 0 Å². The van der Waals surface area contributed by atoms with E-state index in [1.807, 2.05) is 0 Å². The molecule has 98 valence electrons. The van der Waals surface area contributed by atoms with Crippen LogP contribution in [-0.4, -0.2) is 39.8 Å². The third kappa shape index (κ3) is 2.32. The Balaban J connectivity index is 2.41. The van der Waals surface area contributed by atoms with Crippen molar-refractivity contribution in [1.82, 2.24) is 9.80 Å². The van der Waals surface area contributed by atoms with Crippen LogP contribution in [0.4, 0.5) is 5.69 Å². The maximum Gasteiger partial charge on any atom is 0.276 e. The fourth-order valence-electron chi connectivity index (χ4n) is 1.77. The predicted molar refractivity (Wildman–Crippen MR) is 74.2 cm³/mol. The fourth-order valence-corrected chi connectivity index (χ4v) is 1.96. The van der Waals surface area contributed by atoms with Gasteiger partial charge in [0.05, 0.1) is 4.92 Å². The molecule has 0 atom stereocenters. The van der Waals surface area contributed by atoms with E-state index >= 15 is 0 Å². The van der Waals surface area contributed by atoms with Crippen LogP contribution in [0.1, 0.15) is 5.56 Å². The first kappa shape index (κ1) is 13.2. The molecule has 1 aliphatic heterocycles. The molecule has 7 heteroatoms. The van der Waals surface area contributed by atoms with Gasteiger partial charge in [0.2, 0.25) is 0 Å². The maximum absolute atomic E-state index is 11.9. The van der Waals surface area contributed by atoms with E-state index < -0.39 is 4.92 Å². The molecule has 0 aliphatic carbocycles. The number of hydrogen-bond donors (Lipinski definition) is 0. The molecule has 2 rings (SSSR count). The van der Waals surface area contributed by atoms with Gasteiger partial charge < -0.3 is 4.90 Å². The number of carbonyl (C=O) groups excluding carboxylic acids is 1. The highest BCUT2D eigenvalue weighted by atomic mass is 32.1. The topological polar surface area (TPSA) is 66.7 Å². The number of nitrogens with zero attached hydrogens (tertiary/aromatic N) is 3. The molecule has 0 N–H and O–H groups in total. The van der Waals surface area contributed by atoms with E-state index in [9.17, 15) is 14.9 Å². The maximum atomic E-state index is 11.9. The second-order valence-corrected chi connectivity index (χ2v) is 4.45. The summed E-state index contributed by atoms with van der Waals surface area (Å²) in [5.74, 6) is -0.223. The summed E-state index contributed by atoms with van der Waals surface area (Å²) in [7, 11) is 3.28. The highest BCUT2D eigenvalue weighted by molar-refractivity contribution is 7.80. The normalized spacial score (nSPS) is 17.5. The Bertz CT molecular complexity index is 612. The summed E-state index contributed by atoms with van der Waals surface area (Å²) < 4.78 is 0. The SMILES string of the molecule is CN1C(=O)/C(=C\c2cccc([N+](=O)[O-])c2)N(C)C1=S. The van der Waals surface area contributed by atoms with Crippen molar-refractivity contribution < 1.29 is 9.72 Å². The third-order valence-corrected chi connectivity index (χ3v) is 3.39. The van der Waals surface area contributed by atoms with Crippen LogP contribution < -0.4 is 0 Å². The minimum absolute atomic E-state index is 0.0154. The molecule has 1 aromatic carbocycles. The molecule has 0 saturated carbocycles. The van der Waals surface area contributed by atoms with Crippen LogP contribution in [0.3, 0.4) is 0 Å². The van der Waals surface area contributed by atoms with Crippen LogP contribution in [0.15, 0.2) is 30.0 Å². The van der Waals surface area contributed by atoms with Crippen molar-refractivity contribution in [2.24, 2.45) is 0 Å². The number of carbonyl (C=O) groups is 1. The van der Waals surface area contributed by atoms with Crippen molar-refractivity contribution in [3.8, 4) is 0 Å². The van der Waals surface area contributed by atoms with Gasteiger partial charge in [-0.15, -0.1) is 0 Å². The van der Waals surface area contributed by atoms with Crippen LogP contribution in [-0.2, 0) is 4.79 Å². The van der Waals surface area contributed by atoms with E-state index in [1.165, 1.54) is 17.0 Å². The van der Waals surface area contributed by atoms with Crippen LogP contribution >= 0.6 is 12.2 Å². The summed E-state index contributed by atoms with van der Waals surface area (Å²) in [5.41, 5.74) is 0.967. The molecule has 1 heterocycles. The minimum Gasteiger partial charge on any atom is -0.317 e. The Morgan fingerprint density at radius 3 is 2.53 bits per heavy atom. The molecule has 1 aliphatic rings. The lowest BCUT2D eigenvalue weighted by Gasteiger charge is -2.10. The average Bonchev–Trinajstić information content (AvgIpc) is 2.57. The van der Waals surface area contributed by atoms with E-state index in [4.69, 9.17) is 12.2 Å². The molecule has 0 aromatic heterocycles. The predicted octanol–water partition coefficient (Wildman–Crippen LogP) is 1.62. The molecule has 1 saturated heterocycles. The summed E-state index contributed by atoms with van der Waals surface area (Å²) in [4.78, 5) is 25.1. The van der Waals surface area contributed by atoms with Gasteiger partial charge in [-0.2, -0.15) is 0 Å². The minimum atomic E-state index is -0.473. The number of non-ortho nitro benzene ring substituents is 1. The zero-order valence-corrected chi connectivity index (χ0v) is 11.2. The Morgan fingerprint density at radius 1 is 1.32 bits per heavy atom. The monoisotopic (exact) mass is 277 g/mol. The standard InChI is InChI=1S/C12H11N3O3S/c1-13-10(11(16)14(2)12(13)19)7-8-4-3-5-9(6-8)15(17)18/h3-7H,1-2H3/b10-7+. The highest BCUT2D eigenvalue weighted by Gasteiger charge is 2.32. The average molecular weight is 277 g/mol. The fraction of sp³-hybridized carbons (Fsp3) is 0.167. The van der Waals surface area contributed by atoms with Gasteiger partial charge >= 0.3 is 0 Å². The molecule has 6 nitrogen and oxygen atoms in total. The number of amides is 1. The van der Waals surface area contributed by atoms with Crippen molar-refractivity contribution in [2.75, 3.05) is 14.1 Å². The quantitative estimate of drug-likeness (QED) is 0.356. The van der Waals surface area contributed by atoms with Crippen LogP contribution in [0.25, 0.3) is 6.08 Å². The molecule has 0 bridgehead atoms. The van der Waals surface area contributed by atoms with Gasteiger partial charge in [0.15, 0.2) is 5.11 Å². The molecular weight excluding hydrogens is 266 g/mol. The van der Waals surface area contributed by atoms with Crippen molar-refractivity contribution >= 4 is 35.0 Å². The first-order valence-electron chi connectivity index (χ1n) is 5.43. The first-order chi connectivity index (χ1) is 8.91. The second-order valence-electron chi connectivity index (χ2n) is 4.09. The molecule has 1 aromatic rings. The smallest absolute Gasteiger partial charge is 0.276 e. The lowest BCUT2D eigenvalue weighted by atomic mass is 10.1. The molecule has 0 spiro atoms. The van der Waals surface area contributed by atoms with Crippen molar-refractivity contribution in [1.29, 1.82) is 0 Å². The largest absolute Gasteiger partial charge is 0.317 e. The second kappa shape index (κ2) is 4.77. The van der Waals surface area contributed by atoms with Gasteiger partial charge in [-0.05, 0) is 23.9 Å². The summed E-state index contributed by atoms with van der Waals surface area (Å²) in [5, 5.41) is 11.1. The number of likely N-dealkylation sites (N-methyl/N-ethyl adjacent to an activating group) is 2. The molecule has 0 radical (unpaired) electrons. The summed E-state index contributed by atoms with van der Waals surface area (Å²) in [6.45, 7) is 0. The third-order valence-electron chi connectivity index (χ3n) is 2.84. The van der Waals surface area contributed by atoms with E-state index in [0.29, 0.717) is 16.4 Å². The van der Waals surface area contributed by atoms with Crippen molar-refractivity contribution in [2.45, 2.75) is 0 Å². The highest BCUT2D eigenvalue weighted by Crippen LogP contribution is 2.22. The summed E-state index contributed by atoms with van der Waals surface area (Å²) in [6, 6.07) is 6.09. The molecule has 0 unspecified atom stereocenters. The van der Waals surface area contributed by atoms with E-state index in [0.717, 1.165) is 0 Å². The van der Waals surface area contributed by atoms with Crippen molar-refractivity contribution in [3.63, 3.8) is 0 Å². The van der Waals surface area contributed by atoms with Crippen molar-refractivity contribution in [3.05, 3.63) is 45.6 Å². The lowest BCUT2D eigenvalue weighted by molar-refractivity contribution is -0.384. The van der Waals surface area contributed by atoms with Gasteiger partial charge in [0, 0.05) is 26.2 Å². The van der Waals surface area contributed by atoms with Gasteiger partial charge in [0.1, 0.15) is 5.70 Å². The zero-order chi connectivity index (χ0) is 14.2. The zero-order valence-electron chi connectivity index (χ0n) is 10.4. The number of nitro groups is 1. The molecular formula is C12H11N3O3S. The molecule has 1 fully saturated rings. The number of nitro benzene ring substituents is 1. The van der Waals surface area contributed by atoms with E-state index in [1.54, 1.807) is 37.2 Å². The van der Waals surface area contributed by atoms with Crippen LogP contribution in [0.5, 0.6) is 0 Å². The van der Waals surface area contributed by atoms with Crippen LogP contribution in [0, 0.1) is 10.1 Å². The van der Waals surface area contributed by atoms with Gasteiger partial charge in [-0.25, -0.2) is 0 Å². The molecule has 19 heavy (non-hydrogen) atoms. The first-order valence-corrected chi connectivity index (χ1v) is 5.84. The van der Waals surface area contributed by atoms with E-state index in [2.05, 4.69) is 0 Å². The number of rotatable bonds is 2. The van der Waals surface area contributed by atoms with Gasteiger partial charge in [0.25, 0.3) is 11.6 Å². The van der Waals surface area contributed by atoms with E-state index in [-0.39, 0.29) is 11.6 Å². The lowest BCUT2D eigenvalue weighted by Crippen LogP contribution is -2.26. The van der Waals surface area contributed by atoms with Gasteiger partial charge in [-0.1, -0.05) is 12.1 Å².